The Labute approximate surface area is 102 Å². The number of aliphatic carboxylic acids is 1. The van der Waals surface area contributed by atoms with Crippen LogP contribution >= 0.6 is 0 Å². The number of amides is 2. The number of rotatable bonds is 10. The Morgan fingerprint density at radius 1 is 0.941 bits per heavy atom. The summed E-state index contributed by atoms with van der Waals surface area (Å²) in [4.78, 5) is 21.4. The SMILES string of the molecule is NCCCNC(=O)NCCCCCCC(=O)O. The van der Waals surface area contributed by atoms with Gasteiger partial charge < -0.3 is 21.5 Å². The van der Waals surface area contributed by atoms with Crippen LogP contribution < -0.4 is 16.4 Å². The molecule has 0 bridgehead atoms. The quantitative estimate of drug-likeness (QED) is 0.424. The molecule has 0 aliphatic carbocycles. The van der Waals surface area contributed by atoms with Gasteiger partial charge in [0.25, 0.3) is 0 Å². The summed E-state index contributed by atoms with van der Waals surface area (Å²) in [6.45, 7) is 1.80. The van der Waals surface area contributed by atoms with Gasteiger partial charge >= 0.3 is 12.0 Å². The molecule has 0 spiro atoms. The molecular weight excluding hydrogens is 222 g/mol. The molecule has 0 aliphatic heterocycles. The molecule has 0 saturated carbocycles. The van der Waals surface area contributed by atoms with Gasteiger partial charge in [-0.2, -0.15) is 0 Å². The van der Waals surface area contributed by atoms with Gasteiger partial charge in [-0.3, -0.25) is 4.79 Å². The van der Waals surface area contributed by atoms with Crippen molar-refractivity contribution in [3.63, 3.8) is 0 Å². The van der Waals surface area contributed by atoms with Crippen molar-refractivity contribution in [2.45, 2.75) is 38.5 Å². The number of carboxylic acids is 1. The van der Waals surface area contributed by atoms with Gasteiger partial charge in [0.05, 0.1) is 0 Å². The number of hydrogen-bond acceptors (Lipinski definition) is 3. The second-order valence-corrected chi connectivity index (χ2v) is 3.88. The van der Waals surface area contributed by atoms with E-state index in [1.54, 1.807) is 0 Å². The van der Waals surface area contributed by atoms with E-state index in [-0.39, 0.29) is 12.5 Å². The second-order valence-electron chi connectivity index (χ2n) is 3.88. The summed E-state index contributed by atoms with van der Waals surface area (Å²) in [6.07, 6.45) is 4.43. The largest absolute Gasteiger partial charge is 0.481 e. The van der Waals surface area contributed by atoms with Crippen LogP contribution in [0.1, 0.15) is 38.5 Å². The summed E-state index contributed by atoms with van der Waals surface area (Å²) in [5.74, 6) is -0.748. The highest BCUT2D eigenvalue weighted by atomic mass is 16.4. The molecule has 0 aromatic carbocycles. The van der Waals surface area contributed by atoms with Crippen LogP contribution in [0.4, 0.5) is 4.79 Å². The van der Waals surface area contributed by atoms with Gasteiger partial charge in [0, 0.05) is 19.5 Å². The molecule has 2 amide bonds. The number of carboxylic acid groups (broad SMARTS) is 1. The van der Waals surface area contributed by atoms with E-state index >= 15 is 0 Å². The molecule has 0 fully saturated rings. The molecule has 5 N–H and O–H groups in total. The van der Waals surface area contributed by atoms with Gasteiger partial charge in [-0.1, -0.05) is 12.8 Å². The number of carbonyl (C=O) groups excluding carboxylic acids is 1. The van der Waals surface area contributed by atoms with Gasteiger partial charge in [-0.25, -0.2) is 4.79 Å². The number of nitrogens with two attached hydrogens (primary N) is 1. The van der Waals surface area contributed by atoms with E-state index in [0.29, 0.717) is 26.1 Å². The van der Waals surface area contributed by atoms with Crippen molar-refractivity contribution in [3.05, 3.63) is 0 Å². The van der Waals surface area contributed by atoms with Crippen LogP contribution in [0.2, 0.25) is 0 Å². The maximum atomic E-state index is 11.2. The lowest BCUT2D eigenvalue weighted by molar-refractivity contribution is -0.137. The normalized spacial score (nSPS) is 9.94. The molecule has 0 aromatic heterocycles. The van der Waals surface area contributed by atoms with Crippen molar-refractivity contribution < 1.29 is 14.7 Å². The summed E-state index contributed by atoms with van der Waals surface area (Å²) in [6, 6.07) is -0.163. The molecule has 0 unspecified atom stereocenters. The summed E-state index contributed by atoms with van der Waals surface area (Å²) >= 11 is 0. The topological polar surface area (TPSA) is 104 Å². The highest BCUT2D eigenvalue weighted by Gasteiger charge is 1.99. The average molecular weight is 245 g/mol. The van der Waals surface area contributed by atoms with E-state index in [2.05, 4.69) is 10.6 Å². The van der Waals surface area contributed by atoms with Gasteiger partial charge in [0.1, 0.15) is 0 Å². The molecular formula is C11H23N3O3. The van der Waals surface area contributed by atoms with Gasteiger partial charge in [0.2, 0.25) is 0 Å². The fourth-order valence-electron chi connectivity index (χ4n) is 1.32. The van der Waals surface area contributed by atoms with Crippen LogP contribution in [0.3, 0.4) is 0 Å². The first-order valence-electron chi connectivity index (χ1n) is 6.10. The Bertz CT molecular complexity index is 222. The van der Waals surface area contributed by atoms with E-state index in [1.165, 1.54) is 0 Å². The van der Waals surface area contributed by atoms with Crippen molar-refractivity contribution in [2.24, 2.45) is 5.73 Å². The molecule has 100 valence electrons. The molecule has 0 radical (unpaired) electrons. The van der Waals surface area contributed by atoms with Crippen molar-refractivity contribution in [3.8, 4) is 0 Å². The Kier molecular flexibility index (Phi) is 10.3. The second kappa shape index (κ2) is 11.2. The first-order valence-corrected chi connectivity index (χ1v) is 6.10. The van der Waals surface area contributed by atoms with E-state index in [0.717, 1.165) is 25.7 Å². The van der Waals surface area contributed by atoms with Crippen molar-refractivity contribution >= 4 is 12.0 Å². The predicted molar refractivity (Wildman–Crippen MR) is 65.8 cm³/mol. The van der Waals surface area contributed by atoms with Crippen LogP contribution in [0.15, 0.2) is 0 Å². The van der Waals surface area contributed by atoms with E-state index in [1.807, 2.05) is 0 Å². The molecule has 0 aliphatic rings. The van der Waals surface area contributed by atoms with E-state index < -0.39 is 5.97 Å². The molecule has 0 atom stereocenters. The van der Waals surface area contributed by atoms with Crippen LogP contribution in [0, 0.1) is 0 Å². The zero-order valence-electron chi connectivity index (χ0n) is 10.2. The lowest BCUT2D eigenvalue weighted by atomic mass is 10.1. The first kappa shape index (κ1) is 15.7. The van der Waals surface area contributed by atoms with E-state index in [9.17, 15) is 9.59 Å². The maximum Gasteiger partial charge on any atom is 0.314 e. The minimum Gasteiger partial charge on any atom is -0.481 e. The molecule has 0 aromatic rings. The highest BCUT2D eigenvalue weighted by Crippen LogP contribution is 2.01. The van der Waals surface area contributed by atoms with Gasteiger partial charge in [-0.05, 0) is 25.8 Å². The van der Waals surface area contributed by atoms with Crippen molar-refractivity contribution in [1.82, 2.24) is 10.6 Å². The first-order chi connectivity index (χ1) is 8.16. The minimum atomic E-state index is -0.748. The van der Waals surface area contributed by atoms with Crippen LogP contribution in [-0.2, 0) is 4.79 Å². The minimum absolute atomic E-state index is 0.163. The predicted octanol–water partition coefficient (Wildman–Crippen LogP) is 0.669. The third-order valence-corrected chi connectivity index (χ3v) is 2.27. The lowest BCUT2D eigenvalue weighted by Crippen LogP contribution is -2.37. The highest BCUT2D eigenvalue weighted by molar-refractivity contribution is 5.73. The third kappa shape index (κ3) is 12.6. The van der Waals surface area contributed by atoms with Crippen LogP contribution in [0.5, 0.6) is 0 Å². The van der Waals surface area contributed by atoms with Crippen LogP contribution in [0.25, 0.3) is 0 Å². The average Bonchev–Trinajstić information content (AvgIpc) is 2.28. The Morgan fingerprint density at radius 2 is 1.53 bits per heavy atom. The molecule has 0 saturated heterocycles. The van der Waals surface area contributed by atoms with Gasteiger partial charge in [0.15, 0.2) is 0 Å². The number of hydrogen-bond donors (Lipinski definition) is 4. The van der Waals surface area contributed by atoms with Gasteiger partial charge in [-0.15, -0.1) is 0 Å². The smallest absolute Gasteiger partial charge is 0.314 e. The Hall–Kier alpha value is -1.30. The molecule has 17 heavy (non-hydrogen) atoms. The summed E-state index contributed by atoms with van der Waals surface area (Å²) in [5.41, 5.74) is 5.29. The fraction of sp³-hybridized carbons (Fsp3) is 0.818. The summed E-state index contributed by atoms with van der Waals surface area (Å²) < 4.78 is 0. The Morgan fingerprint density at radius 3 is 2.12 bits per heavy atom. The third-order valence-electron chi connectivity index (χ3n) is 2.27. The molecule has 6 heteroatoms. The summed E-state index contributed by atoms with van der Waals surface area (Å²) in [7, 11) is 0. The number of unbranched alkanes of at least 4 members (excludes halogenated alkanes) is 3. The maximum absolute atomic E-state index is 11.2. The fourth-order valence-corrected chi connectivity index (χ4v) is 1.32. The molecule has 6 nitrogen and oxygen atoms in total. The van der Waals surface area contributed by atoms with Crippen molar-refractivity contribution in [2.75, 3.05) is 19.6 Å². The lowest BCUT2D eigenvalue weighted by Gasteiger charge is -2.06. The number of urea groups is 1. The van der Waals surface area contributed by atoms with E-state index in [4.69, 9.17) is 10.8 Å². The zero-order valence-corrected chi connectivity index (χ0v) is 10.2. The summed E-state index contributed by atoms with van der Waals surface area (Å²) in [5, 5.41) is 13.8. The Balaban J connectivity index is 3.16. The standard InChI is InChI=1S/C11H23N3O3/c12-7-5-9-14-11(17)13-8-4-2-1-3-6-10(15)16/h1-9,12H2,(H,15,16)(H2,13,14,17). The van der Waals surface area contributed by atoms with Crippen molar-refractivity contribution in [1.29, 1.82) is 0 Å². The molecule has 0 heterocycles. The van der Waals surface area contributed by atoms with Crippen LogP contribution in [-0.4, -0.2) is 36.7 Å². The zero-order chi connectivity index (χ0) is 12.9. The molecule has 0 rings (SSSR count). The number of nitrogens with one attached hydrogen (secondary N) is 2. The monoisotopic (exact) mass is 245 g/mol. The number of carbonyl (C=O) groups is 2.